The number of amides is 2. The molecule has 66 heavy (non-hydrogen) atoms. The number of fused-ring (bicyclic) bond motifs is 3. The number of nitrogens with zero attached hydrogens (tertiary/aromatic N) is 6. The second-order valence-electron chi connectivity index (χ2n) is 18.7. The fourth-order valence-corrected chi connectivity index (χ4v) is 11.3. The zero-order valence-electron chi connectivity index (χ0n) is 37.6. The van der Waals surface area contributed by atoms with Gasteiger partial charge in [0.25, 0.3) is 5.91 Å². The number of hydrogen-bond acceptors (Lipinski definition) is 8. The molecular weight excluding hydrogens is 847 g/mol. The molecule has 2 saturated heterocycles. The molecule has 3 aromatic heterocycles. The summed E-state index contributed by atoms with van der Waals surface area (Å²) in [6.07, 6.45) is 9.57. The molecule has 3 aliphatic heterocycles. The maximum Gasteiger partial charge on any atom is 0.427 e. The molecule has 3 fully saturated rings. The Hall–Kier alpha value is -6.36. The third kappa shape index (κ3) is 6.58. The van der Waals surface area contributed by atoms with Crippen molar-refractivity contribution in [3.63, 3.8) is 0 Å². The number of benzene rings is 3. The smallest absolute Gasteiger partial charge is 0.385 e. The van der Waals surface area contributed by atoms with E-state index in [1.54, 1.807) is 80.9 Å². The van der Waals surface area contributed by atoms with Crippen molar-refractivity contribution in [2.75, 3.05) is 33.5 Å². The quantitative estimate of drug-likeness (QED) is 0.142. The van der Waals surface area contributed by atoms with E-state index in [0.717, 1.165) is 30.4 Å². The summed E-state index contributed by atoms with van der Waals surface area (Å²) in [5.41, 5.74) is 8.63. The number of hydrogen-bond donors (Lipinski definition) is 2. The molecule has 342 valence electrons. The van der Waals surface area contributed by atoms with Crippen LogP contribution < -0.4 is 16.5 Å². The van der Waals surface area contributed by atoms with E-state index < -0.39 is 29.7 Å². The van der Waals surface area contributed by atoms with Crippen LogP contribution in [0.4, 0.5) is 13.6 Å². The van der Waals surface area contributed by atoms with Crippen LogP contribution in [0.5, 0.6) is 0 Å². The van der Waals surface area contributed by atoms with Gasteiger partial charge in [0.05, 0.1) is 34.2 Å². The molecule has 2 unspecified atom stereocenters. The number of nitrogens with one attached hydrogen (secondary N) is 2. The molecule has 14 nitrogen and oxygen atoms in total. The fourth-order valence-electron chi connectivity index (χ4n) is 11.3. The van der Waals surface area contributed by atoms with Gasteiger partial charge in [0.1, 0.15) is 29.3 Å². The predicted octanol–water partition coefficient (Wildman–Crippen LogP) is 7.77. The van der Waals surface area contributed by atoms with Crippen molar-refractivity contribution in [1.29, 1.82) is 0 Å². The van der Waals surface area contributed by atoms with Gasteiger partial charge in [0, 0.05) is 69.2 Å². The number of imidazole rings is 1. The van der Waals surface area contributed by atoms with Crippen molar-refractivity contribution in [2.45, 2.75) is 89.4 Å². The first-order valence-electron chi connectivity index (χ1n) is 22.9. The summed E-state index contributed by atoms with van der Waals surface area (Å²) in [7, 11) is 1.70. The number of carbonyl (C=O) groups excluding carboxylic acids is 2. The van der Waals surface area contributed by atoms with Crippen molar-refractivity contribution < 1.29 is 32.7 Å². The van der Waals surface area contributed by atoms with Crippen LogP contribution in [0, 0.1) is 31.4 Å². The highest BCUT2D eigenvalue weighted by Gasteiger charge is 2.62. The van der Waals surface area contributed by atoms with Crippen molar-refractivity contribution in [3.8, 4) is 17.2 Å². The van der Waals surface area contributed by atoms with Gasteiger partial charge in [-0.1, -0.05) is 25.1 Å². The monoisotopic (exact) mass is 898 g/mol. The first kappa shape index (κ1) is 42.3. The van der Waals surface area contributed by atoms with Gasteiger partial charge in [-0.05, 0) is 129 Å². The van der Waals surface area contributed by atoms with Gasteiger partial charge in [0.2, 0.25) is 0 Å². The van der Waals surface area contributed by atoms with E-state index in [4.69, 9.17) is 19.4 Å². The number of allylic oxidation sites excluding steroid dienone is 1. The van der Waals surface area contributed by atoms with Crippen molar-refractivity contribution >= 4 is 29.0 Å². The first-order valence-corrected chi connectivity index (χ1v) is 22.9. The average Bonchev–Trinajstić information content (AvgIpc) is 3.96. The SMILES string of the molecule is COCCC1C=Cc2cc(-n3ccn(-c4c5c(nn4-c4cc(C)c(F)c(C)c4)CCN(C(=O)c4cc6cc(C7CCOCC7)cc(F)c6n4[C@@]4(C6NOC(=O)N6)C[C@@H]4C)[C@H]5C)c3=O)ccc21. The standard InChI is InChI=1S/C50H52F2N8O6/c1-27-20-37(21-28(2)43(27)52)60-45(58-16-15-57(49(58)63)36-8-9-38-32(11-17-64-5)6-7-33(38)23-36)42-30(4)56(14-10-40(42)54-60)46(61)41-25-35-22-34(31-12-18-65-19-13-31)24-39(51)44(35)59(41)50(26-29(50)3)47-53-48(62)66-55-47/h6-9,15-16,20-25,29-32,47,55H,10-14,17-19,26H2,1-5H3,(H,53,62)/t29-,30-,32?,47?,50-/m0/s1. The number of carbonyl (C=O) groups is 2. The van der Waals surface area contributed by atoms with Gasteiger partial charge in [-0.2, -0.15) is 5.10 Å². The van der Waals surface area contributed by atoms with Gasteiger partial charge in [-0.25, -0.2) is 23.1 Å². The first-order chi connectivity index (χ1) is 31.9. The van der Waals surface area contributed by atoms with Gasteiger partial charge in [-0.15, -0.1) is 5.48 Å². The molecule has 2 aliphatic carbocycles. The van der Waals surface area contributed by atoms with Gasteiger partial charge in [0.15, 0.2) is 0 Å². The average molecular weight is 899 g/mol. The molecule has 16 heteroatoms. The third-order valence-electron chi connectivity index (χ3n) is 14.8. The number of methoxy groups -OCH3 is 1. The molecule has 0 bridgehead atoms. The fraction of sp³-hybridized carbons (Fsp3) is 0.400. The van der Waals surface area contributed by atoms with Crippen molar-refractivity contribution in [2.24, 2.45) is 5.92 Å². The molecule has 6 heterocycles. The zero-order chi connectivity index (χ0) is 45.8. The Morgan fingerprint density at radius 1 is 0.985 bits per heavy atom. The molecule has 1 saturated carbocycles. The number of aryl methyl sites for hydroxylation is 2. The van der Waals surface area contributed by atoms with E-state index in [1.807, 2.05) is 32.0 Å². The molecule has 5 aliphatic rings. The highest BCUT2D eigenvalue weighted by molar-refractivity contribution is 6.00. The second kappa shape index (κ2) is 15.9. The van der Waals surface area contributed by atoms with Crippen LogP contribution in [0.25, 0.3) is 34.2 Å². The lowest BCUT2D eigenvalue weighted by molar-refractivity contribution is 0.0653. The zero-order valence-corrected chi connectivity index (χ0v) is 37.6. The number of hydroxylamine groups is 1. The normalized spacial score (nSPS) is 23.6. The van der Waals surface area contributed by atoms with Crippen LogP contribution in [0.1, 0.15) is 107 Å². The second-order valence-corrected chi connectivity index (χ2v) is 18.7. The molecule has 0 radical (unpaired) electrons. The Balaban J connectivity index is 1.03. The van der Waals surface area contributed by atoms with Crippen LogP contribution in [0.15, 0.2) is 71.8 Å². The minimum atomic E-state index is -0.924. The highest BCUT2D eigenvalue weighted by Crippen LogP contribution is 2.55. The summed E-state index contributed by atoms with van der Waals surface area (Å²) < 4.78 is 49.6. The maximum atomic E-state index is 16.9. The summed E-state index contributed by atoms with van der Waals surface area (Å²) >= 11 is 0. The summed E-state index contributed by atoms with van der Waals surface area (Å²) in [5, 5.41) is 8.55. The molecule has 3 aromatic carbocycles. The van der Waals surface area contributed by atoms with Crippen LogP contribution in [-0.4, -0.2) is 80.0 Å². The third-order valence-corrected chi connectivity index (χ3v) is 14.8. The van der Waals surface area contributed by atoms with Gasteiger partial charge in [-0.3, -0.25) is 19.2 Å². The van der Waals surface area contributed by atoms with Crippen LogP contribution in [0.3, 0.4) is 0 Å². The molecule has 11 rings (SSSR count). The molecular formula is C50H52F2N8O6. The lowest BCUT2D eigenvalue weighted by atomic mass is 9.91. The lowest BCUT2D eigenvalue weighted by Gasteiger charge is -2.35. The molecule has 2 amide bonds. The highest BCUT2D eigenvalue weighted by atomic mass is 19.1. The minimum absolute atomic E-state index is 0.0683. The van der Waals surface area contributed by atoms with Crippen LogP contribution >= 0.6 is 0 Å². The molecule has 2 N–H and O–H groups in total. The molecule has 5 atom stereocenters. The van der Waals surface area contributed by atoms with E-state index in [1.165, 1.54) is 5.56 Å². The summed E-state index contributed by atoms with van der Waals surface area (Å²) in [4.78, 5) is 49.7. The van der Waals surface area contributed by atoms with E-state index >= 15 is 13.6 Å². The van der Waals surface area contributed by atoms with E-state index in [2.05, 4.69) is 29.0 Å². The largest absolute Gasteiger partial charge is 0.427 e. The Kier molecular flexibility index (Phi) is 10.2. The summed E-state index contributed by atoms with van der Waals surface area (Å²) in [5.74, 6) is -0.414. The molecule has 0 spiro atoms. The van der Waals surface area contributed by atoms with E-state index in [-0.39, 0.29) is 52.9 Å². The van der Waals surface area contributed by atoms with Crippen LogP contribution in [0.2, 0.25) is 0 Å². The van der Waals surface area contributed by atoms with Crippen LogP contribution in [-0.2, 0) is 26.3 Å². The molecule has 6 aromatic rings. The van der Waals surface area contributed by atoms with Crippen molar-refractivity contribution in [3.05, 3.63) is 134 Å². The lowest BCUT2D eigenvalue weighted by Crippen LogP contribution is -2.49. The predicted molar refractivity (Wildman–Crippen MR) is 242 cm³/mol. The van der Waals surface area contributed by atoms with Gasteiger partial charge < -0.3 is 23.8 Å². The maximum absolute atomic E-state index is 16.9. The van der Waals surface area contributed by atoms with Gasteiger partial charge >= 0.3 is 11.8 Å². The van der Waals surface area contributed by atoms with Crippen molar-refractivity contribution in [1.82, 2.24) is 39.2 Å². The minimum Gasteiger partial charge on any atom is -0.385 e. The Labute approximate surface area is 379 Å². The number of rotatable bonds is 10. The summed E-state index contributed by atoms with van der Waals surface area (Å²) in [6, 6.07) is 14.2. The Morgan fingerprint density at radius 2 is 1.74 bits per heavy atom. The Bertz CT molecular complexity index is 3050. The topological polar surface area (TPSA) is 139 Å². The number of aromatic nitrogens is 5. The van der Waals surface area contributed by atoms with E-state index in [0.29, 0.717) is 77.6 Å². The number of halogens is 2. The van der Waals surface area contributed by atoms with E-state index in [9.17, 15) is 9.59 Å². The Morgan fingerprint density at radius 3 is 2.45 bits per heavy atom. The number of ether oxygens (including phenoxy) is 2. The summed E-state index contributed by atoms with van der Waals surface area (Å²) in [6.45, 7) is 9.42.